The molecule has 1 aromatic rings. The van der Waals surface area contributed by atoms with E-state index in [0.717, 1.165) is 12.1 Å². The molecule has 0 bridgehead atoms. The van der Waals surface area contributed by atoms with E-state index < -0.39 is 0 Å². The Hall–Kier alpha value is -1.43. The summed E-state index contributed by atoms with van der Waals surface area (Å²) in [6, 6.07) is 0. The number of carbonyl (C=O) groups is 1. The number of nitrogens with zero attached hydrogens (tertiary/aromatic N) is 3. The summed E-state index contributed by atoms with van der Waals surface area (Å²) >= 11 is 0. The fraction of sp³-hybridized carbons (Fsp3) is 0.667. The predicted molar refractivity (Wildman–Crippen MR) is 54.3 cm³/mol. The number of amides is 1. The maximum absolute atomic E-state index is 11.4. The summed E-state index contributed by atoms with van der Waals surface area (Å²) in [6.45, 7) is 3.36. The molecular formula is C9H16N4O2. The third kappa shape index (κ3) is 4.07. The number of nitrogens with one attached hydrogen (secondary N) is 1. The Morgan fingerprint density at radius 3 is 3.07 bits per heavy atom. The Labute approximate surface area is 88.6 Å². The molecule has 1 aromatic heterocycles. The summed E-state index contributed by atoms with van der Waals surface area (Å²) in [4.78, 5) is 11.4. The molecule has 0 saturated carbocycles. The van der Waals surface area contributed by atoms with E-state index >= 15 is 0 Å². The fourth-order valence-electron chi connectivity index (χ4n) is 1.10. The van der Waals surface area contributed by atoms with Crippen LogP contribution >= 0.6 is 0 Å². The molecule has 0 atom stereocenters. The lowest BCUT2D eigenvalue weighted by Crippen LogP contribution is -2.29. The molecule has 0 saturated heterocycles. The summed E-state index contributed by atoms with van der Waals surface area (Å²) in [7, 11) is 1.64. The number of hydrogen-bond donors (Lipinski definition) is 1. The van der Waals surface area contributed by atoms with Crippen molar-refractivity contribution in [1.82, 2.24) is 20.3 Å². The molecule has 0 radical (unpaired) electrons. The van der Waals surface area contributed by atoms with Gasteiger partial charge in [-0.15, -0.1) is 5.10 Å². The number of aromatic nitrogens is 3. The molecule has 0 aliphatic carbocycles. The molecule has 0 aliphatic heterocycles. The van der Waals surface area contributed by atoms with Gasteiger partial charge in [-0.25, -0.2) is 4.68 Å². The van der Waals surface area contributed by atoms with Gasteiger partial charge in [0.15, 0.2) is 0 Å². The second-order valence-corrected chi connectivity index (χ2v) is 3.23. The highest BCUT2D eigenvalue weighted by Gasteiger charge is 2.04. The summed E-state index contributed by atoms with van der Waals surface area (Å²) in [6.07, 6.45) is 2.44. The summed E-state index contributed by atoms with van der Waals surface area (Å²) in [5, 5.41) is 10.3. The van der Waals surface area contributed by atoms with E-state index in [-0.39, 0.29) is 12.5 Å². The van der Waals surface area contributed by atoms with E-state index in [2.05, 4.69) is 15.6 Å². The van der Waals surface area contributed by atoms with Gasteiger partial charge in [0.25, 0.3) is 0 Å². The van der Waals surface area contributed by atoms with Gasteiger partial charge in [-0.05, 0) is 13.3 Å². The molecule has 1 heterocycles. The van der Waals surface area contributed by atoms with E-state index in [1.54, 1.807) is 18.0 Å². The number of hydrogen-bond acceptors (Lipinski definition) is 4. The zero-order valence-corrected chi connectivity index (χ0v) is 9.06. The Morgan fingerprint density at radius 1 is 1.67 bits per heavy atom. The Bertz CT molecular complexity index is 311. The van der Waals surface area contributed by atoms with E-state index in [1.165, 1.54) is 0 Å². The Kier molecular flexibility index (Phi) is 4.76. The SMILES string of the molecule is COCCCNC(=O)Cn1nncc1C. The second-order valence-electron chi connectivity index (χ2n) is 3.23. The van der Waals surface area contributed by atoms with Crippen LogP contribution in [-0.4, -0.2) is 41.2 Å². The quantitative estimate of drug-likeness (QED) is 0.659. The van der Waals surface area contributed by atoms with Crippen LogP contribution in [0, 0.1) is 6.92 Å². The minimum absolute atomic E-state index is 0.0558. The van der Waals surface area contributed by atoms with Gasteiger partial charge in [0.05, 0.1) is 11.9 Å². The molecule has 1 rings (SSSR count). The summed E-state index contributed by atoms with van der Waals surface area (Å²) in [5.74, 6) is -0.0558. The molecule has 1 N–H and O–H groups in total. The van der Waals surface area contributed by atoms with Crippen LogP contribution in [0.15, 0.2) is 6.20 Å². The largest absolute Gasteiger partial charge is 0.385 e. The van der Waals surface area contributed by atoms with Gasteiger partial charge in [-0.2, -0.15) is 0 Å². The summed E-state index contributed by atoms with van der Waals surface area (Å²) in [5.41, 5.74) is 0.877. The topological polar surface area (TPSA) is 69.0 Å². The van der Waals surface area contributed by atoms with Crippen LogP contribution in [0.3, 0.4) is 0 Å². The first-order chi connectivity index (χ1) is 7.24. The second kappa shape index (κ2) is 6.13. The lowest BCUT2D eigenvalue weighted by Gasteiger charge is -2.05. The zero-order valence-electron chi connectivity index (χ0n) is 9.06. The predicted octanol–water partition coefficient (Wildman–Crippen LogP) is -0.261. The van der Waals surface area contributed by atoms with Gasteiger partial charge >= 0.3 is 0 Å². The highest BCUT2D eigenvalue weighted by Crippen LogP contribution is 1.91. The normalized spacial score (nSPS) is 10.3. The maximum atomic E-state index is 11.4. The first-order valence-corrected chi connectivity index (χ1v) is 4.84. The van der Waals surface area contributed by atoms with Crippen molar-refractivity contribution in [2.75, 3.05) is 20.3 Å². The minimum atomic E-state index is -0.0558. The van der Waals surface area contributed by atoms with Crippen molar-refractivity contribution in [1.29, 1.82) is 0 Å². The van der Waals surface area contributed by atoms with Gasteiger partial charge in [-0.3, -0.25) is 4.79 Å². The van der Waals surface area contributed by atoms with Crippen molar-refractivity contribution in [3.8, 4) is 0 Å². The molecule has 1 amide bonds. The highest BCUT2D eigenvalue weighted by molar-refractivity contribution is 5.75. The zero-order chi connectivity index (χ0) is 11.1. The minimum Gasteiger partial charge on any atom is -0.385 e. The standard InChI is InChI=1S/C9H16N4O2/c1-8-6-11-12-13(8)7-9(14)10-4-3-5-15-2/h6H,3-5,7H2,1-2H3,(H,10,14). The molecule has 0 unspecified atom stereocenters. The number of carbonyl (C=O) groups excluding carboxylic acids is 1. The van der Waals surface area contributed by atoms with Gasteiger partial charge < -0.3 is 10.1 Å². The van der Waals surface area contributed by atoms with E-state index in [0.29, 0.717) is 13.2 Å². The molecule has 0 spiro atoms. The number of ether oxygens (including phenoxy) is 1. The van der Waals surface area contributed by atoms with Crippen molar-refractivity contribution >= 4 is 5.91 Å². The third-order valence-electron chi connectivity index (χ3n) is 1.95. The van der Waals surface area contributed by atoms with Gasteiger partial charge in [0.1, 0.15) is 6.54 Å². The molecule has 0 fully saturated rings. The molecule has 0 aliphatic rings. The van der Waals surface area contributed by atoms with Crippen molar-refractivity contribution < 1.29 is 9.53 Å². The van der Waals surface area contributed by atoms with Crippen LogP contribution in [-0.2, 0) is 16.1 Å². The number of aryl methyl sites for hydroxylation is 1. The third-order valence-corrected chi connectivity index (χ3v) is 1.95. The van der Waals surface area contributed by atoms with Crippen LogP contribution in [0.4, 0.5) is 0 Å². The lowest BCUT2D eigenvalue weighted by molar-refractivity contribution is -0.121. The van der Waals surface area contributed by atoms with E-state index in [4.69, 9.17) is 4.74 Å². The van der Waals surface area contributed by atoms with Crippen molar-refractivity contribution in [2.45, 2.75) is 19.9 Å². The molecule has 6 nitrogen and oxygen atoms in total. The molecule has 0 aromatic carbocycles. The average Bonchev–Trinajstić information content (AvgIpc) is 2.59. The van der Waals surface area contributed by atoms with Crippen LogP contribution < -0.4 is 5.32 Å². The van der Waals surface area contributed by atoms with Crippen LogP contribution in [0.5, 0.6) is 0 Å². The van der Waals surface area contributed by atoms with E-state index in [1.807, 2.05) is 6.92 Å². The molecule has 6 heteroatoms. The molecular weight excluding hydrogens is 196 g/mol. The lowest BCUT2D eigenvalue weighted by atomic mass is 10.4. The first kappa shape index (κ1) is 11.6. The van der Waals surface area contributed by atoms with Gasteiger partial charge in [0, 0.05) is 20.3 Å². The van der Waals surface area contributed by atoms with E-state index in [9.17, 15) is 4.79 Å². The smallest absolute Gasteiger partial charge is 0.241 e. The number of methoxy groups -OCH3 is 1. The Balaban J connectivity index is 2.22. The van der Waals surface area contributed by atoms with Crippen molar-refractivity contribution in [3.63, 3.8) is 0 Å². The van der Waals surface area contributed by atoms with Gasteiger partial charge in [0.2, 0.25) is 5.91 Å². The van der Waals surface area contributed by atoms with Crippen molar-refractivity contribution in [3.05, 3.63) is 11.9 Å². The average molecular weight is 212 g/mol. The van der Waals surface area contributed by atoms with Crippen LogP contribution in [0.25, 0.3) is 0 Å². The maximum Gasteiger partial charge on any atom is 0.241 e. The first-order valence-electron chi connectivity index (χ1n) is 4.84. The molecule has 15 heavy (non-hydrogen) atoms. The molecule has 84 valence electrons. The monoisotopic (exact) mass is 212 g/mol. The summed E-state index contributed by atoms with van der Waals surface area (Å²) < 4.78 is 6.43. The fourth-order valence-corrected chi connectivity index (χ4v) is 1.10. The van der Waals surface area contributed by atoms with Crippen LogP contribution in [0.1, 0.15) is 12.1 Å². The van der Waals surface area contributed by atoms with Crippen LogP contribution in [0.2, 0.25) is 0 Å². The highest BCUT2D eigenvalue weighted by atomic mass is 16.5. The Morgan fingerprint density at radius 2 is 2.47 bits per heavy atom. The number of rotatable bonds is 6. The van der Waals surface area contributed by atoms with Crippen molar-refractivity contribution in [2.24, 2.45) is 0 Å². The van der Waals surface area contributed by atoms with Gasteiger partial charge in [-0.1, -0.05) is 5.21 Å².